The van der Waals surface area contributed by atoms with Gasteiger partial charge >= 0.3 is 0 Å². The molecule has 0 heterocycles. The molecule has 0 aromatic rings. The van der Waals surface area contributed by atoms with Crippen LogP contribution in [0, 0.1) is 15.5 Å². The van der Waals surface area contributed by atoms with Gasteiger partial charge in [-0.3, -0.25) is 5.41 Å². The molecule has 2 N–H and O–H groups in total. The second-order valence-electron chi connectivity index (χ2n) is 0.415. The lowest BCUT2D eigenvalue weighted by Gasteiger charge is -1.56. The third-order valence-corrected chi connectivity index (χ3v) is 0. The van der Waals surface area contributed by atoms with Crippen molar-refractivity contribution in [1.82, 2.24) is 0 Å². The Balaban J connectivity index is 0. The lowest BCUT2D eigenvalue weighted by molar-refractivity contribution is -0.742. The van der Waals surface area contributed by atoms with E-state index in [0.717, 1.165) is 0 Å². The Morgan fingerprint density at radius 1 is 2.00 bits per heavy atom. The maximum Gasteiger partial charge on any atom is 0.291 e. The zero-order valence-corrected chi connectivity index (χ0v) is 3.42. The average Bonchev–Trinajstić information content (AvgIpc) is 1.33. The molecule has 0 amide bonds. The maximum absolute atomic E-state index is 8.36. The molecule has 0 rings (SSSR count). The van der Waals surface area contributed by atoms with Crippen LogP contribution in [-0.2, 0) is 0 Å². The standard InChI is InChI=1S/C2H3N.HNO3/c1-2-3;2-1(3)4/h3H,1H2;(H,2,3,4). The SMILES string of the molecule is C=C=N.O=[N+]([O-])O. The Kier molecular flexibility index (Phi) is 11.6. The van der Waals surface area contributed by atoms with Gasteiger partial charge in [0.25, 0.3) is 5.09 Å². The zero-order chi connectivity index (χ0) is 6.28. The fourth-order valence-corrected chi connectivity index (χ4v) is 0. The van der Waals surface area contributed by atoms with Crippen molar-refractivity contribution in [1.29, 1.82) is 5.41 Å². The van der Waals surface area contributed by atoms with Crippen molar-refractivity contribution in [3.63, 3.8) is 0 Å². The number of hydrogen-bond acceptors (Lipinski definition) is 3. The fourth-order valence-electron chi connectivity index (χ4n) is 0. The van der Waals surface area contributed by atoms with Gasteiger partial charge in [0, 0.05) is 0 Å². The molecule has 0 saturated heterocycles. The molecule has 0 aliphatic rings. The molecule has 0 aliphatic heterocycles. The van der Waals surface area contributed by atoms with Gasteiger partial charge in [0.1, 0.15) is 0 Å². The van der Waals surface area contributed by atoms with E-state index in [1.165, 1.54) is 0 Å². The number of rotatable bonds is 0. The Morgan fingerprint density at radius 2 is 2.00 bits per heavy atom. The molecule has 0 radical (unpaired) electrons. The zero-order valence-electron chi connectivity index (χ0n) is 3.42. The summed E-state index contributed by atoms with van der Waals surface area (Å²) in [5, 5.41) is 19.5. The van der Waals surface area contributed by atoms with Crippen molar-refractivity contribution >= 4 is 5.87 Å². The first-order valence-electron chi connectivity index (χ1n) is 1.17. The highest BCUT2D eigenvalue weighted by Gasteiger charge is 1.65. The smallest absolute Gasteiger partial charge is 0.291 e. The molecular formula is C2H4N2O3. The Labute approximate surface area is 39.5 Å². The molecule has 0 fully saturated rings. The Morgan fingerprint density at radius 3 is 2.00 bits per heavy atom. The molecule has 5 nitrogen and oxygen atoms in total. The van der Waals surface area contributed by atoms with Crippen LogP contribution >= 0.6 is 0 Å². The van der Waals surface area contributed by atoms with E-state index in [-0.39, 0.29) is 0 Å². The predicted molar refractivity (Wildman–Crippen MR) is 22.1 cm³/mol. The van der Waals surface area contributed by atoms with E-state index in [2.05, 4.69) is 6.58 Å². The molecule has 5 heteroatoms. The summed E-state index contributed by atoms with van der Waals surface area (Å²) >= 11 is 0. The van der Waals surface area contributed by atoms with Crippen LogP contribution in [0.1, 0.15) is 0 Å². The van der Waals surface area contributed by atoms with Crippen LogP contribution in [0.4, 0.5) is 0 Å². The van der Waals surface area contributed by atoms with Gasteiger partial charge in [-0.1, -0.05) is 0 Å². The molecule has 0 saturated carbocycles. The topological polar surface area (TPSA) is 87.2 Å². The third-order valence-electron chi connectivity index (χ3n) is 0. The summed E-state index contributed by atoms with van der Waals surface area (Å²) in [6.07, 6.45) is 0. The first kappa shape index (κ1) is 9.17. The molecule has 0 aliphatic carbocycles. The van der Waals surface area contributed by atoms with Crippen molar-refractivity contribution in [3.8, 4) is 0 Å². The molecular weight excluding hydrogens is 100 g/mol. The highest BCUT2D eigenvalue weighted by Crippen LogP contribution is 1.38. The first-order valence-corrected chi connectivity index (χ1v) is 1.17. The maximum atomic E-state index is 8.36. The van der Waals surface area contributed by atoms with Crippen molar-refractivity contribution in [2.45, 2.75) is 0 Å². The lowest BCUT2D eigenvalue weighted by atomic mass is 11.2. The quantitative estimate of drug-likeness (QED) is 0.259. The second-order valence-corrected chi connectivity index (χ2v) is 0.415. The second kappa shape index (κ2) is 8.82. The average molecular weight is 104 g/mol. The van der Waals surface area contributed by atoms with Crippen LogP contribution in [0.2, 0.25) is 0 Å². The molecule has 0 unspecified atom stereocenters. The van der Waals surface area contributed by atoms with Gasteiger partial charge in [-0.15, -0.1) is 10.1 Å². The number of nitrogens with one attached hydrogen (secondary N) is 1. The summed E-state index contributed by atoms with van der Waals surface area (Å²) in [6.45, 7) is 2.90. The predicted octanol–water partition coefficient (Wildman–Crippen LogP) is 0.0732. The van der Waals surface area contributed by atoms with Gasteiger partial charge in [0.05, 0.1) is 0 Å². The van der Waals surface area contributed by atoms with Crippen LogP contribution in [0.3, 0.4) is 0 Å². The molecule has 0 aromatic carbocycles. The summed E-state index contributed by atoms with van der Waals surface area (Å²) in [5.41, 5.74) is 0. The Bertz CT molecular complexity index is 78.9. The summed E-state index contributed by atoms with van der Waals surface area (Å²) in [5.74, 6) is 1.75. The minimum atomic E-state index is -1.50. The van der Waals surface area contributed by atoms with Crippen LogP contribution in [0.5, 0.6) is 0 Å². The highest BCUT2D eigenvalue weighted by molar-refractivity contribution is 5.41. The minimum absolute atomic E-state index is 1.50. The van der Waals surface area contributed by atoms with E-state index in [4.69, 9.17) is 20.7 Å². The van der Waals surface area contributed by atoms with Crippen molar-refractivity contribution in [2.24, 2.45) is 0 Å². The van der Waals surface area contributed by atoms with Gasteiger partial charge in [0.15, 0.2) is 0 Å². The molecule has 40 valence electrons. The molecule has 7 heavy (non-hydrogen) atoms. The molecule has 0 atom stereocenters. The monoisotopic (exact) mass is 104 g/mol. The van der Waals surface area contributed by atoms with Crippen molar-refractivity contribution < 1.29 is 10.3 Å². The van der Waals surface area contributed by atoms with Gasteiger partial charge in [-0.25, -0.2) is 0 Å². The lowest BCUT2D eigenvalue weighted by Crippen LogP contribution is -1.81. The van der Waals surface area contributed by atoms with Gasteiger partial charge in [-0.2, -0.15) is 0 Å². The summed E-state index contributed by atoms with van der Waals surface area (Å²) < 4.78 is 0. The summed E-state index contributed by atoms with van der Waals surface area (Å²) in [6, 6.07) is 0. The molecule has 0 bridgehead atoms. The van der Waals surface area contributed by atoms with Gasteiger partial charge < -0.3 is 5.21 Å². The number of hydrogen-bond donors (Lipinski definition) is 2. The minimum Gasteiger partial charge on any atom is -0.328 e. The van der Waals surface area contributed by atoms with E-state index < -0.39 is 5.09 Å². The third kappa shape index (κ3) is 17.9. The van der Waals surface area contributed by atoms with E-state index in [1.54, 1.807) is 5.87 Å². The highest BCUT2D eigenvalue weighted by atomic mass is 16.9. The normalized spacial score (nSPS) is 4.57. The van der Waals surface area contributed by atoms with Crippen LogP contribution in [0.25, 0.3) is 0 Å². The van der Waals surface area contributed by atoms with E-state index in [0.29, 0.717) is 0 Å². The Hall–Kier alpha value is -1.35. The van der Waals surface area contributed by atoms with Crippen molar-refractivity contribution in [3.05, 3.63) is 16.7 Å². The summed E-state index contributed by atoms with van der Waals surface area (Å²) in [4.78, 5) is 8.36. The van der Waals surface area contributed by atoms with E-state index in [1.807, 2.05) is 0 Å². The summed E-state index contributed by atoms with van der Waals surface area (Å²) in [7, 11) is 0. The van der Waals surface area contributed by atoms with Gasteiger partial charge in [-0.05, 0) is 12.4 Å². The van der Waals surface area contributed by atoms with Crippen LogP contribution in [-0.4, -0.2) is 16.2 Å². The van der Waals surface area contributed by atoms with Crippen LogP contribution < -0.4 is 0 Å². The first-order chi connectivity index (χ1) is 3.15. The number of nitrogens with zero attached hydrogens (tertiary/aromatic N) is 1. The van der Waals surface area contributed by atoms with Gasteiger partial charge in [0.2, 0.25) is 0 Å². The van der Waals surface area contributed by atoms with Crippen LogP contribution in [0.15, 0.2) is 6.58 Å². The van der Waals surface area contributed by atoms with Crippen molar-refractivity contribution in [2.75, 3.05) is 0 Å². The molecule has 0 aromatic heterocycles. The fraction of sp³-hybridized carbons (Fsp3) is 0. The van der Waals surface area contributed by atoms with E-state index in [9.17, 15) is 0 Å². The van der Waals surface area contributed by atoms with E-state index >= 15 is 0 Å². The molecule has 0 spiro atoms. The largest absolute Gasteiger partial charge is 0.328 e.